The Balaban J connectivity index is 1.70. The first-order chi connectivity index (χ1) is 13.6. The molecule has 146 valence electrons. The van der Waals surface area contributed by atoms with Gasteiger partial charge in [-0.3, -0.25) is 14.6 Å². The van der Waals surface area contributed by atoms with E-state index in [-0.39, 0.29) is 5.91 Å². The summed E-state index contributed by atoms with van der Waals surface area (Å²) in [5.41, 5.74) is 3.34. The van der Waals surface area contributed by atoms with Crippen molar-refractivity contribution in [2.45, 2.75) is 0 Å². The molecule has 2 aliphatic rings. The standard InChI is InChI=1S/C22H24ClN3O2/c1-24-9-11-25(12-10-24)15-26-20-14-17(23)7-8-18(20)19(22(26)27)13-16-5-3-4-6-21(16)28-2/h3-8,13-14H,9-12,15H2,1-2H3. The predicted octanol–water partition coefficient (Wildman–Crippen LogP) is 3.44. The van der Waals surface area contributed by atoms with Crippen molar-refractivity contribution in [3.63, 3.8) is 0 Å². The van der Waals surface area contributed by atoms with Gasteiger partial charge in [0.2, 0.25) is 0 Å². The summed E-state index contributed by atoms with van der Waals surface area (Å²) < 4.78 is 5.45. The SMILES string of the molecule is COc1ccccc1C=C1C(=O)N(CN2CCN(C)CC2)c2cc(Cl)ccc21. The number of rotatable bonds is 4. The highest BCUT2D eigenvalue weighted by atomic mass is 35.5. The fraction of sp³-hybridized carbons (Fsp3) is 0.318. The number of likely N-dealkylation sites (N-methyl/N-ethyl adjacent to an activating group) is 1. The second-order valence-corrected chi connectivity index (χ2v) is 7.69. The number of amides is 1. The Morgan fingerprint density at radius 2 is 1.86 bits per heavy atom. The summed E-state index contributed by atoms with van der Waals surface area (Å²) in [6.07, 6.45) is 1.91. The van der Waals surface area contributed by atoms with Crippen LogP contribution in [0.1, 0.15) is 11.1 Å². The van der Waals surface area contributed by atoms with Gasteiger partial charge in [-0.05, 0) is 31.3 Å². The Bertz CT molecular complexity index is 920. The number of halogens is 1. The number of benzene rings is 2. The van der Waals surface area contributed by atoms with Crippen molar-refractivity contribution >= 4 is 34.8 Å². The van der Waals surface area contributed by atoms with Gasteiger partial charge in [-0.25, -0.2) is 0 Å². The molecule has 0 N–H and O–H groups in total. The van der Waals surface area contributed by atoms with E-state index in [1.54, 1.807) is 7.11 Å². The summed E-state index contributed by atoms with van der Waals surface area (Å²) >= 11 is 6.26. The van der Waals surface area contributed by atoms with Crippen molar-refractivity contribution in [2.24, 2.45) is 0 Å². The third-order valence-corrected chi connectivity index (χ3v) is 5.63. The Morgan fingerprint density at radius 3 is 2.61 bits per heavy atom. The molecule has 0 radical (unpaired) electrons. The van der Waals surface area contributed by atoms with Gasteiger partial charge in [0.05, 0.1) is 19.5 Å². The maximum absolute atomic E-state index is 13.4. The molecule has 2 aromatic carbocycles. The molecule has 2 aliphatic heterocycles. The Kier molecular flexibility index (Phi) is 5.40. The zero-order chi connectivity index (χ0) is 19.7. The van der Waals surface area contributed by atoms with Crippen LogP contribution in [-0.2, 0) is 4.79 Å². The Hall–Kier alpha value is -2.34. The van der Waals surface area contributed by atoms with Gasteiger partial charge in [0.1, 0.15) is 5.75 Å². The molecule has 0 unspecified atom stereocenters. The highest BCUT2D eigenvalue weighted by Gasteiger charge is 2.34. The Labute approximate surface area is 170 Å². The maximum Gasteiger partial charge on any atom is 0.260 e. The van der Waals surface area contributed by atoms with E-state index >= 15 is 0 Å². The predicted molar refractivity (Wildman–Crippen MR) is 114 cm³/mol. The van der Waals surface area contributed by atoms with Crippen LogP contribution >= 0.6 is 11.6 Å². The average Bonchev–Trinajstić information content (AvgIpc) is 2.95. The number of para-hydroxylation sites is 1. The van der Waals surface area contributed by atoms with Crippen molar-refractivity contribution in [1.82, 2.24) is 9.80 Å². The highest BCUT2D eigenvalue weighted by molar-refractivity contribution is 6.37. The highest BCUT2D eigenvalue weighted by Crippen LogP contribution is 2.40. The number of hydrogen-bond acceptors (Lipinski definition) is 4. The molecule has 28 heavy (non-hydrogen) atoms. The number of carbonyl (C=O) groups excluding carboxylic acids is 1. The monoisotopic (exact) mass is 397 g/mol. The lowest BCUT2D eigenvalue weighted by Crippen LogP contribution is -2.49. The van der Waals surface area contributed by atoms with Gasteiger partial charge in [0.25, 0.3) is 5.91 Å². The minimum absolute atomic E-state index is 0.00195. The van der Waals surface area contributed by atoms with E-state index in [9.17, 15) is 4.79 Å². The molecule has 0 aliphatic carbocycles. The van der Waals surface area contributed by atoms with Gasteiger partial charge in [-0.2, -0.15) is 0 Å². The molecule has 0 saturated carbocycles. The van der Waals surface area contributed by atoms with Crippen LogP contribution in [0.3, 0.4) is 0 Å². The van der Waals surface area contributed by atoms with Crippen LogP contribution in [0.5, 0.6) is 5.75 Å². The fourth-order valence-electron chi connectivity index (χ4n) is 3.74. The summed E-state index contributed by atoms with van der Waals surface area (Å²) in [6.45, 7) is 4.48. The third kappa shape index (κ3) is 3.65. The second-order valence-electron chi connectivity index (χ2n) is 7.26. The molecule has 0 atom stereocenters. The molecule has 2 aromatic rings. The van der Waals surface area contributed by atoms with Crippen LogP contribution < -0.4 is 9.64 Å². The van der Waals surface area contributed by atoms with Crippen LogP contribution in [0.15, 0.2) is 42.5 Å². The molecule has 4 rings (SSSR count). The molecule has 1 fully saturated rings. The summed E-state index contributed by atoms with van der Waals surface area (Å²) in [4.78, 5) is 19.8. The number of piperazine rings is 1. The van der Waals surface area contributed by atoms with Gasteiger partial charge in [-0.15, -0.1) is 0 Å². The number of hydrogen-bond donors (Lipinski definition) is 0. The smallest absolute Gasteiger partial charge is 0.260 e. The van der Waals surface area contributed by atoms with Crippen molar-refractivity contribution in [1.29, 1.82) is 0 Å². The summed E-state index contributed by atoms with van der Waals surface area (Å²) in [5, 5.41) is 0.633. The first kappa shape index (κ1) is 19.0. The van der Waals surface area contributed by atoms with Crippen molar-refractivity contribution in [2.75, 3.05) is 51.9 Å². The minimum Gasteiger partial charge on any atom is -0.496 e. The van der Waals surface area contributed by atoms with Crippen molar-refractivity contribution < 1.29 is 9.53 Å². The second kappa shape index (κ2) is 7.95. The van der Waals surface area contributed by atoms with Crippen LogP contribution in [0.25, 0.3) is 11.6 Å². The average molecular weight is 398 g/mol. The molecule has 1 amide bonds. The molecule has 5 nitrogen and oxygen atoms in total. The summed E-state index contributed by atoms with van der Waals surface area (Å²) in [7, 11) is 3.77. The topological polar surface area (TPSA) is 36.0 Å². The van der Waals surface area contributed by atoms with Crippen molar-refractivity contribution in [3.05, 3.63) is 58.6 Å². The molecule has 0 aromatic heterocycles. The van der Waals surface area contributed by atoms with E-state index in [4.69, 9.17) is 16.3 Å². The van der Waals surface area contributed by atoms with Gasteiger partial charge < -0.3 is 9.64 Å². The maximum atomic E-state index is 13.4. The van der Waals surface area contributed by atoms with Gasteiger partial charge in [0, 0.05) is 47.9 Å². The molecule has 6 heteroatoms. The van der Waals surface area contributed by atoms with Gasteiger partial charge >= 0.3 is 0 Å². The van der Waals surface area contributed by atoms with Crippen LogP contribution in [0.2, 0.25) is 5.02 Å². The quantitative estimate of drug-likeness (QED) is 0.740. The molecular formula is C22H24ClN3O2. The summed E-state index contributed by atoms with van der Waals surface area (Å²) in [5.74, 6) is 0.748. The lowest BCUT2D eigenvalue weighted by Gasteiger charge is -2.34. The lowest BCUT2D eigenvalue weighted by atomic mass is 10.0. The fourth-order valence-corrected chi connectivity index (χ4v) is 3.90. The molecule has 1 saturated heterocycles. The number of nitrogens with zero attached hydrogens (tertiary/aromatic N) is 3. The van der Waals surface area contributed by atoms with Gasteiger partial charge in [0.15, 0.2) is 0 Å². The number of fused-ring (bicyclic) bond motifs is 1. The zero-order valence-corrected chi connectivity index (χ0v) is 16.9. The largest absolute Gasteiger partial charge is 0.496 e. The van der Waals surface area contributed by atoms with E-state index in [1.807, 2.05) is 53.4 Å². The molecule has 2 heterocycles. The van der Waals surface area contributed by atoms with E-state index in [1.165, 1.54) is 0 Å². The van der Waals surface area contributed by atoms with Gasteiger partial charge in [-0.1, -0.05) is 35.9 Å². The van der Waals surface area contributed by atoms with Crippen molar-refractivity contribution in [3.8, 4) is 5.75 Å². The minimum atomic E-state index is 0.00195. The lowest BCUT2D eigenvalue weighted by molar-refractivity contribution is -0.113. The number of anilines is 1. The molecule has 0 spiro atoms. The molecule has 0 bridgehead atoms. The summed E-state index contributed by atoms with van der Waals surface area (Å²) in [6, 6.07) is 13.4. The first-order valence-electron chi connectivity index (χ1n) is 9.44. The Morgan fingerprint density at radius 1 is 1.11 bits per heavy atom. The van der Waals surface area contributed by atoms with E-state index in [0.29, 0.717) is 17.3 Å². The van der Waals surface area contributed by atoms with E-state index < -0.39 is 0 Å². The van der Waals surface area contributed by atoms with Crippen LogP contribution in [0.4, 0.5) is 5.69 Å². The van der Waals surface area contributed by atoms with Crippen LogP contribution in [-0.4, -0.2) is 62.7 Å². The number of ether oxygens (including phenoxy) is 1. The first-order valence-corrected chi connectivity index (χ1v) is 9.82. The van der Waals surface area contributed by atoms with E-state index in [0.717, 1.165) is 48.7 Å². The number of carbonyl (C=O) groups is 1. The molecular weight excluding hydrogens is 374 g/mol. The number of methoxy groups -OCH3 is 1. The van der Waals surface area contributed by atoms with E-state index in [2.05, 4.69) is 16.8 Å². The van der Waals surface area contributed by atoms with Crippen LogP contribution in [0, 0.1) is 0 Å². The normalized spacial score (nSPS) is 19.3. The zero-order valence-electron chi connectivity index (χ0n) is 16.2. The third-order valence-electron chi connectivity index (χ3n) is 5.39.